The van der Waals surface area contributed by atoms with Gasteiger partial charge in [-0.15, -0.1) is 0 Å². The van der Waals surface area contributed by atoms with E-state index >= 15 is 0 Å². The summed E-state index contributed by atoms with van der Waals surface area (Å²) in [4.78, 5) is 15.4. The molecule has 0 aliphatic rings. The Hall–Kier alpha value is -3.08. The Labute approximate surface area is 140 Å². The van der Waals surface area contributed by atoms with Gasteiger partial charge in [-0.2, -0.15) is 0 Å². The summed E-state index contributed by atoms with van der Waals surface area (Å²) < 4.78 is 11.2. The minimum Gasteiger partial charge on any atom is -0.489 e. The van der Waals surface area contributed by atoms with Gasteiger partial charge in [-0.3, -0.25) is 9.78 Å². The molecule has 2 aromatic carbocycles. The van der Waals surface area contributed by atoms with Crippen LogP contribution in [0.4, 0.5) is 0 Å². The molecule has 0 saturated carbocycles. The van der Waals surface area contributed by atoms with Crippen LogP contribution in [0, 0.1) is 0 Å². The van der Waals surface area contributed by atoms with Gasteiger partial charge in [0.1, 0.15) is 18.1 Å². The number of primary amides is 1. The van der Waals surface area contributed by atoms with E-state index in [1.807, 2.05) is 30.3 Å². The van der Waals surface area contributed by atoms with E-state index in [4.69, 9.17) is 15.2 Å². The molecule has 1 amide bonds. The van der Waals surface area contributed by atoms with Crippen molar-refractivity contribution in [3.63, 3.8) is 0 Å². The molecule has 24 heavy (non-hydrogen) atoms. The Morgan fingerprint density at radius 2 is 1.79 bits per heavy atom. The van der Waals surface area contributed by atoms with Crippen LogP contribution in [-0.2, 0) is 11.4 Å². The third kappa shape index (κ3) is 3.63. The van der Waals surface area contributed by atoms with Crippen LogP contribution in [0.1, 0.15) is 12.5 Å². The zero-order chi connectivity index (χ0) is 16.9. The van der Waals surface area contributed by atoms with Crippen LogP contribution in [0.3, 0.4) is 0 Å². The number of aromatic nitrogens is 1. The molecule has 0 radical (unpaired) electrons. The molecule has 5 heteroatoms. The molecule has 122 valence electrons. The van der Waals surface area contributed by atoms with Gasteiger partial charge in [0, 0.05) is 17.1 Å². The fraction of sp³-hybridized carbons (Fsp3) is 0.158. The molecule has 0 bridgehead atoms. The average molecular weight is 322 g/mol. The predicted octanol–water partition coefficient (Wildman–Crippen LogP) is 3.07. The molecule has 0 unspecified atom stereocenters. The number of nitrogens with zero attached hydrogens (tertiary/aromatic N) is 1. The van der Waals surface area contributed by atoms with Crippen molar-refractivity contribution >= 4 is 16.8 Å². The van der Waals surface area contributed by atoms with Crippen LogP contribution in [0.5, 0.6) is 11.5 Å². The van der Waals surface area contributed by atoms with Gasteiger partial charge in [0.05, 0.1) is 5.52 Å². The van der Waals surface area contributed by atoms with Gasteiger partial charge in [0.15, 0.2) is 6.10 Å². The Balaban J connectivity index is 1.67. The number of hydrogen-bond acceptors (Lipinski definition) is 4. The van der Waals surface area contributed by atoms with Crippen molar-refractivity contribution in [1.29, 1.82) is 0 Å². The molecule has 3 rings (SSSR count). The first kappa shape index (κ1) is 15.8. The maximum absolute atomic E-state index is 11.0. The topological polar surface area (TPSA) is 74.4 Å². The number of para-hydroxylation sites is 1. The third-order valence-electron chi connectivity index (χ3n) is 3.65. The Morgan fingerprint density at radius 3 is 2.54 bits per heavy atom. The largest absolute Gasteiger partial charge is 0.489 e. The van der Waals surface area contributed by atoms with E-state index in [1.54, 1.807) is 37.4 Å². The Kier molecular flexibility index (Phi) is 4.61. The number of carbonyl (C=O) groups excluding carboxylic acids is 1. The second-order valence-corrected chi connectivity index (χ2v) is 5.41. The minimum atomic E-state index is -0.668. The molecule has 0 aliphatic carbocycles. The monoisotopic (exact) mass is 322 g/mol. The van der Waals surface area contributed by atoms with E-state index in [1.165, 1.54) is 0 Å². The van der Waals surface area contributed by atoms with E-state index in [0.717, 1.165) is 16.5 Å². The summed E-state index contributed by atoms with van der Waals surface area (Å²) in [6, 6.07) is 17.0. The van der Waals surface area contributed by atoms with Crippen LogP contribution in [0.25, 0.3) is 10.9 Å². The number of pyridine rings is 1. The van der Waals surface area contributed by atoms with Crippen molar-refractivity contribution in [3.05, 3.63) is 66.4 Å². The van der Waals surface area contributed by atoms with Crippen molar-refractivity contribution < 1.29 is 14.3 Å². The Bertz CT molecular complexity index is 841. The number of ether oxygens (including phenoxy) is 2. The van der Waals surface area contributed by atoms with Gasteiger partial charge in [-0.05, 0) is 37.3 Å². The highest BCUT2D eigenvalue weighted by molar-refractivity contribution is 5.81. The van der Waals surface area contributed by atoms with Crippen molar-refractivity contribution in [2.75, 3.05) is 0 Å². The molecule has 0 spiro atoms. The second-order valence-electron chi connectivity index (χ2n) is 5.41. The fourth-order valence-corrected chi connectivity index (χ4v) is 2.32. The zero-order valence-corrected chi connectivity index (χ0v) is 13.3. The molecular formula is C19H18N2O3. The highest BCUT2D eigenvalue weighted by Crippen LogP contribution is 2.21. The summed E-state index contributed by atoms with van der Waals surface area (Å²) >= 11 is 0. The van der Waals surface area contributed by atoms with E-state index < -0.39 is 12.0 Å². The number of hydrogen-bond donors (Lipinski definition) is 1. The first-order valence-corrected chi connectivity index (χ1v) is 7.65. The minimum absolute atomic E-state index is 0.423. The summed E-state index contributed by atoms with van der Waals surface area (Å²) in [5.74, 6) is 0.779. The number of amides is 1. The van der Waals surface area contributed by atoms with E-state index in [2.05, 4.69) is 4.98 Å². The predicted molar refractivity (Wildman–Crippen MR) is 91.8 cm³/mol. The summed E-state index contributed by atoms with van der Waals surface area (Å²) in [5.41, 5.74) is 7.14. The molecule has 0 fully saturated rings. The molecular weight excluding hydrogens is 304 g/mol. The standard InChI is InChI=1S/C19H18N2O3/c1-13(19(20)22)24-17-9-7-16(8-10-17)23-12-15-5-2-4-14-6-3-11-21-18(14)15/h2-11,13H,12H2,1H3,(H2,20,22)/t13-/m1/s1. The lowest BCUT2D eigenvalue weighted by Gasteiger charge is -2.12. The van der Waals surface area contributed by atoms with Gasteiger partial charge in [-0.1, -0.05) is 24.3 Å². The number of benzene rings is 2. The molecule has 1 atom stereocenters. The zero-order valence-electron chi connectivity index (χ0n) is 13.3. The van der Waals surface area contributed by atoms with Crippen molar-refractivity contribution in [2.24, 2.45) is 5.73 Å². The van der Waals surface area contributed by atoms with Crippen molar-refractivity contribution in [2.45, 2.75) is 19.6 Å². The highest BCUT2D eigenvalue weighted by Gasteiger charge is 2.10. The maximum Gasteiger partial charge on any atom is 0.258 e. The SMILES string of the molecule is C[C@@H](Oc1ccc(OCc2cccc3cccnc23)cc1)C(N)=O. The number of rotatable bonds is 6. The maximum atomic E-state index is 11.0. The quantitative estimate of drug-likeness (QED) is 0.757. The highest BCUT2D eigenvalue weighted by atomic mass is 16.5. The Morgan fingerprint density at radius 1 is 1.08 bits per heavy atom. The van der Waals surface area contributed by atoms with Crippen LogP contribution < -0.4 is 15.2 Å². The van der Waals surface area contributed by atoms with E-state index in [0.29, 0.717) is 18.1 Å². The average Bonchev–Trinajstić information content (AvgIpc) is 2.61. The second kappa shape index (κ2) is 7.00. The van der Waals surface area contributed by atoms with Crippen molar-refractivity contribution in [3.8, 4) is 11.5 Å². The van der Waals surface area contributed by atoms with E-state index in [9.17, 15) is 4.79 Å². The lowest BCUT2D eigenvalue weighted by atomic mass is 10.1. The third-order valence-corrected chi connectivity index (χ3v) is 3.65. The fourth-order valence-electron chi connectivity index (χ4n) is 2.32. The molecule has 1 heterocycles. The normalized spacial score (nSPS) is 11.9. The van der Waals surface area contributed by atoms with Crippen molar-refractivity contribution in [1.82, 2.24) is 4.98 Å². The summed E-state index contributed by atoms with van der Waals surface area (Å²) in [6.45, 7) is 2.03. The van der Waals surface area contributed by atoms with Gasteiger partial charge in [-0.25, -0.2) is 0 Å². The molecule has 2 N–H and O–H groups in total. The number of carbonyl (C=O) groups is 1. The van der Waals surface area contributed by atoms with Gasteiger partial charge in [0.2, 0.25) is 0 Å². The molecule has 1 aromatic heterocycles. The number of nitrogens with two attached hydrogens (primary N) is 1. The first-order chi connectivity index (χ1) is 11.6. The van der Waals surface area contributed by atoms with Crippen LogP contribution in [0.15, 0.2) is 60.8 Å². The molecule has 0 aliphatic heterocycles. The van der Waals surface area contributed by atoms with Gasteiger partial charge in [0.25, 0.3) is 5.91 Å². The van der Waals surface area contributed by atoms with Gasteiger partial charge >= 0.3 is 0 Å². The number of fused-ring (bicyclic) bond motifs is 1. The molecule has 3 aromatic rings. The lowest BCUT2D eigenvalue weighted by molar-refractivity contribution is -0.123. The smallest absolute Gasteiger partial charge is 0.258 e. The summed E-state index contributed by atoms with van der Waals surface area (Å²) in [6.07, 6.45) is 1.11. The first-order valence-electron chi connectivity index (χ1n) is 7.65. The van der Waals surface area contributed by atoms with Crippen LogP contribution in [0.2, 0.25) is 0 Å². The van der Waals surface area contributed by atoms with Crippen LogP contribution in [-0.4, -0.2) is 17.0 Å². The van der Waals surface area contributed by atoms with E-state index in [-0.39, 0.29) is 0 Å². The molecule has 0 saturated heterocycles. The molecule has 5 nitrogen and oxygen atoms in total. The lowest BCUT2D eigenvalue weighted by Crippen LogP contribution is -2.30. The van der Waals surface area contributed by atoms with Gasteiger partial charge < -0.3 is 15.2 Å². The van der Waals surface area contributed by atoms with Crippen LogP contribution >= 0.6 is 0 Å². The summed E-state index contributed by atoms with van der Waals surface area (Å²) in [5, 5.41) is 1.09. The summed E-state index contributed by atoms with van der Waals surface area (Å²) in [7, 11) is 0.